The summed E-state index contributed by atoms with van der Waals surface area (Å²) in [6.07, 6.45) is 0. The molecule has 0 amide bonds. The first-order valence-corrected chi connectivity index (χ1v) is 19.3. The van der Waals surface area contributed by atoms with E-state index in [1.807, 2.05) is 28.7 Å². The van der Waals surface area contributed by atoms with Crippen molar-refractivity contribution in [1.82, 2.24) is 8.97 Å². The van der Waals surface area contributed by atoms with Crippen LogP contribution in [-0.2, 0) is 5.41 Å². The maximum atomic E-state index is 13.8. The summed E-state index contributed by atoms with van der Waals surface area (Å²) >= 11 is 0. The van der Waals surface area contributed by atoms with Crippen LogP contribution in [0.25, 0.3) is 110 Å². The molecule has 0 aliphatic heterocycles. The number of hydrogen-bond acceptors (Lipinski definition) is 2. The molecule has 262 valence electrons. The number of furan rings is 1. The van der Waals surface area contributed by atoms with Crippen molar-refractivity contribution in [2.75, 3.05) is 0 Å². The van der Waals surface area contributed by atoms with Gasteiger partial charge in [-0.1, -0.05) is 105 Å². The third kappa shape index (κ3) is 3.71. The van der Waals surface area contributed by atoms with Crippen LogP contribution in [0.15, 0.2) is 167 Å². The standard InChI is InChI=1S/C52H32N2O2/c1-52(2)43-16-7-5-11-33(43)40-27-42-34-12-6-8-17-45(34)53(47(42)28-44(40)52)31-20-22-36-35-21-18-30(25-48(35)56-49(36)26-31)29-19-23-46-41(24-29)38-15-9-14-37-32-10-3-4-13-39(32)51(55)54(46)50(37)38/h3-28H,1-2H3. The quantitative estimate of drug-likeness (QED) is 0.167. The van der Waals surface area contributed by atoms with Crippen LogP contribution in [0.1, 0.15) is 25.0 Å². The molecule has 0 atom stereocenters. The molecule has 12 aromatic rings. The smallest absolute Gasteiger partial charge is 0.263 e. The van der Waals surface area contributed by atoms with Crippen molar-refractivity contribution in [1.29, 1.82) is 0 Å². The van der Waals surface area contributed by atoms with Gasteiger partial charge in [-0.25, -0.2) is 0 Å². The highest BCUT2D eigenvalue weighted by Gasteiger charge is 2.36. The maximum absolute atomic E-state index is 13.8. The minimum absolute atomic E-state index is 0.0225. The van der Waals surface area contributed by atoms with Gasteiger partial charge in [0.25, 0.3) is 5.56 Å². The second-order valence-electron chi connectivity index (χ2n) is 16.1. The Kier molecular flexibility index (Phi) is 5.56. The van der Waals surface area contributed by atoms with Crippen molar-refractivity contribution in [2.45, 2.75) is 19.3 Å². The van der Waals surface area contributed by atoms with E-state index in [2.05, 4.69) is 152 Å². The monoisotopic (exact) mass is 716 g/mol. The third-order valence-electron chi connectivity index (χ3n) is 12.9. The SMILES string of the molecule is CC1(C)c2ccccc2-c2cc3c4ccccc4n(-c4ccc5c(c4)oc4cc(-c6ccc7c(c6)c6cccc8c9ccccc9c(=O)n7c86)ccc45)c3cc21. The molecule has 0 saturated heterocycles. The molecule has 56 heavy (non-hydrogen) atoms. The Balaban J connectivity index is 0.969. The minimum atomic E-state index is -0.0928. The summed E-state index contributed by atoms with van der Waals surface area (Å²) in [5, 5.41) is 9.67. The van der Waals surface area contributed by atoms with Gasteiger partial charge in [-0.05, 0) is 99.4 Å². The summed E-state index contributed by atoms with van der Waals surface area (Å²) in [5.74, 6) is 0. The van der Waals surface area contributed by atoms with Crippen molar-refractivity contribution in [2.24, 2.45) is 0 Å². The molecule has 0 bridgehead atoms. The molecule has 8 aromatic carbocycles. The van der Waals surface area contributed by atoms with E-state index >= 15 is 0 Å². The fourth-order valence-electron chi connectivity index (χ4n) is 10.2. The van der Waals surface area contributed by atoms with Gasteiger partial charge >= 0.3 is 0 Å². The first kappa shape index (κ1) is 30.2. The Labute approximate surface area is 320 Å². The van der Waals surface area contributed by atoms with E-state index in [0.717, 1.165) is 76.7 Å². The number of aromatic nitrogens is 2. The van der Waals surface area contributed by atoms with Crippen molar-refractivity contribution in [3.05, 3.63) is 179 Å². The van der Waals surface area contributed by atoms with Crippen molar-refractivity contribution < 1.29 is 4.42 Å². The number of hydrogen-bond donors (Lipinski definition) is 0. The highest BCUT2D eigenvalue weighted by Crippen LogP contribution is 2.51. The molecular formula is C52H32N2O2. The Hall–Kier alpha value is -7.17. The zero-order chi connectivity index (χ0) is 37.0. The van der Waals surface area contributed by atoms with Gasteiger partial charge in [-0.3, -0.25) is 9.20 Å². The number of para-hydroxylation sites is 2. The molecule has 0 fully saturated rings. The molecule has 1 aliphatic rings. The van der Waals surface area contributed by atoms with Crippen LogP contribution >= 0.6 is 0 Å². The number of nitrogens with zero attached hydrogens (tertiary/aromatic N) is 2. The van der Waals surface area contributed by atoms with Gasteiger partial charge in [0.15, 0.2) is 0 Å². The van der Waals surface area contributed by atoms with E-state index in [1.54, 1.807) is 0 Å². The average Bonchev–Trinajstić information content (AvgIpc) is 3.94. The van der Waals surface area contributed by atoms with Gasteiger partial charge in [0, 0.05) is 60.3 Å². The van der Waals surface area contributed by atoms with E-state index in [0.29, 0.717) is 0 Å². The molecule has 4 aromatic heterocycles. The van der Waals surface area contributed by atoms with Crippen LogP contribution in [0.3, 0.4) is 0 Å². The molecule has 1 aliphatic carbocycles. The normalized spacial score (nSPS) is 13.8. The number of rotatable bonds is 2. The summed E-state index contributed by atoms with van der Waals surface area (Å²) in [4.78, 5) is 13.8. The maximum Gasteiger partial charge on any atom is 0.263 e. The van der Waals surface area contributed by atoms with Gasteiger partial charge in [-0.2, -0.15) is 0 Å². The van der Waals surface area contributed by atoms with Gasteiger partial charge in [0.1, 0.15) is 11.2 Å². The molecule has 0 spiro atoms. The third-order valence-corrected chi connectivity index (χ3v) is 12.9. The Morgan fingerprint density at radius 3 is 1.98 bits per heavy atom. The summed E-state index contributed by atoms with van der Waals surface area (Å²) in [6, 6.07) is 56.3. The molecule has 4 nitrogen and oxygen atoms in total. The van der Waals surface area contributed by atoms with Crippen molar-refractivity contribution in [3.8, 4) is 27.9 Å². The second kappa shape index (κ2) is 10.3. The topological polar surface area (TPSA) is 39.5 Å². The summed E-state index contributed by atoms with van der Waals surface area (Å²) in [5.41, 5.74) is 14.6. The lowest BCUT2D eigenvalue weighted by Crippen LogP contribution is -2.14. The lowest BCUT2D eigenvalue weighted by molar-refractivity contribution is 0.661. The van der Waals surface area contributed by atoms with Gasteiger partial charge in [0.2, 0.25) is 0 Å². The molecule has 4 heteroatoms. The van der Waals surface area contributed by atoms with Crippen molar-refractivity contribution >= 4 is 81.7 Å². The minimum Gasteiger partial charge on any atom is -0.456 e. The van der Waals surface area contributed by atoms with Crippen LogP contribution < -0.4 is 5.56 Å². The number of benzene rings is 8. The zero-order valence-corrected chi connectivity index (χ0v) is 30.7. The largest absolute Gasteiger partial charge is 0.456 e. The Morgan fingerprint density at radius 2 is 1.11 bits per heavy atom. The van der Waals surface area contributed by atoms with E-state index < -0.39 is 0 Å². The summed E-state index contributed by atoms with van der Waals surface area (Å²) < 4.78 is 11.0. The van der Waals surface area contributed by atoms with Gasteiger partial charge < -0.3 is 8.98 Å². The first-order valence-electron chi connectivity index (χ1n) is 19.3. The van der Waals surface area contributed by atoms with Crippen LogP contribution in [0.2, 0.25) is 0 Å². The molecule has 0 radical (unpaired) electrons. The lowest BCUT2D eigenvalue weighted by atomic mass is 9.82. The van der Waals surface area contributed by atoms with Crippen LogP contribution in [0.4, 0.5) is 0 Å². The van der Waals surface area contributed by atoms with Crippen molar-refractivity contribution in [3.63, 3.8) is 0 Å². The molecule has 13 rings (SSSR count). The first-order chi connectivity index (χ1) is 27.4. The molecule has 0 saturated carbocycles. The van der Waals surface area contributed by atoms with E-state index in [9.17, 15) is 4.79 Å². The zero-order valence-electron chi connectivity index (χ0n) is 30.7. The van der Waals surface area contributed by atoms with E-state index in [1.165, 1.54) is 44.1 Å². The van der Waals surface area contributed by atoms with Crippen LogP contribution in [-0.4, -0.2) is 8.97 Å². The number of pyridine rings is 1. The highest BCUT2D eigenvalue weighted by atomic mass is 16.3. The van der Waals surface area contributed by atoms with E-state index in [-0.39, 0.29) is 11.0 Å². The summed E-state index contributed by atoms with van der Waals surface area (Å²) in [7, 11) is 0. The van der Waals surface area contributed by atoms with E-state index in [4.69, 9.17) is 4.42 Å². The lowest BCUT2D eigenvalue weighted by Gasteiger charge is -2.21. The Bertz CT molecular complexity index is 3760. The van der Waals surface area contributed by atoms with Crippen LogP contribution in [0, 0.1) is 0 Å². The van der Waals surface area contributed by atoms with Gasteiger partial charge in [0.05, 0.1) is 22.1 Å². The number of fused-ring (bicyclic) bond motifs is 14. The second-order valence-corrected chi connectivity index (χ2v) is 16.1. The fraction of sp³-hybridized carbons (Fsp3) is 0.0577. The fourth-order valence-corrected chi connectivity index (χ4v) is 10.2. The molecule has 0 N–H and O–H groups in total. The molecule has 0 unspecified atom stereocenters. The Morgan fingerprint density at radius 1 is 0.446 bits per heavy atom. The predicted molar refractivity (Wildman–Crippen MR) is 232 cm³/mol. The van der Waals surface area contributed by atoms with Gasteiger partial charge in [-0.15, -0.1) is 0 Å². The predicted octanol–water partition coefficient (Wildman–Crippen LogP) is 13.2. The highest BCUT2D eigenvalue weighted by molar-refractivity contribution is 6.21. The van der Waals surface area contributed by atoms with Crippen LogP contribution in [0.5, 0.6) is 0 Å². The molecular weight excluding hydrogens is 685 g/mol. The molecule has 4 heterocycles. The average molecular weight is 717 g/mol. The summed E-state index contributed by atoms with van der Waals surface area (Å²) in [6.45, 7) is 4.69.